The fourth-order valence-corrected chi connectivity index (χ4v) is 1.14. The van der Waals surface area contributed by atoms with E-state index in [2.05, 4.69) is 10.4 Å². The SMILES string of the molecule is CCn1c(Cl)nn(C(=O)NC)c1=O. The molecule has 1 rings (SSSR count). The molecule has 13 heavy (non-hydrogen) atoms. The van der Waals surface area contributed by atoms with Crippen molar-refractivity contribution in [2.75, 3.05) is 7.05 Å². The standard InChI is InChI=1S/C6H9ClN4O2/c1-3-10-4(7)9-11(6(10)13)5(12)8-2/h3H2,1-2H3,(H,8,12). The van der Waals surface area contributed by atoms with Crippen LogP contribution in [0.15, 0.2) is 4.79 Å². The van der Waals surface area contributed by atoms with Crippen LogP contribution in [0.2, 0.25) is 5.28 Å². The fraction of sp³-hybridized carbons (Fsp3) is 0.500. The number of aromatic nitrogens is 3. The Hall–Kier alpha value is -1.30. The number of halogens is 1. The zero-order chi connectivity index (χ0) is 10.0. The highest BCUT2D eigenvalue weighted by molar-refractivity contribution is 6.28. The molecule has 0 unspecified atom stereocenters. The van der Waals surface area contributed by atoms with E-state index in [1.54, 1.807) is 6.92 Å². The average molecular weight is 205 g/mol. The highest BCUT2D eigenvalue weighted by Crippen LogP contribution is 1.99. The van der Waals surface area contributed by atoms with E-state index in [1.165, 1.54) is 11.6 Å². The van der Waals surface area contributed by atoms with Gasteiger partial charge in [0.05, 0.1) is 0 Å². The van der Waals surface area contributed by atoms with E-state index >= 15 is 0 Å². The van der Waals surface area contributed by atoms with Crippen LogP contribution in [0.4, 0.5) is 4.79 Å². The molecule has 0 aliphatic carbocycles. The van der Waals surface area contributed by atoms with Crippen LogP contribution >= 0.6 is 11.6 Å². The Morgan fingerprint density at radius 1 is 1.69 bits per heavy atom. The van der Waals surface area contributed by atoms with Gasteiger partial charge in [-0.15, -0.1) is 9.78 Å². The molecule has 0 fully saturated rings. The smallest absolute Gasteiger partial charge is 0.339 e. The van der Waals surface area contributed by atoms with Gasteiger partial charge >= 0.3 is 11.7 Å². The first-order valence-electron chi connectivity index (χ1n) is 3.69. The summed E-state index contributed by atoms with van der Waals surface area (Å²) >= 11 is 5.60. The Balaban J connectivity index is 3.26. The van der Waals surface area contributed by atoms with Crippen molar-refractivity contribution in [2.24, 2.45) is 0 Å². The molecule has 0 saturated heterocycles. The Bertz CT molecular complexity index is 380. The highest BCUT2D eigenvalue weighted by atomic mass is 35.5. The summed E-state index contributed by atoms with van der Waals surface area (Å²) in [5.74, 6) is 0. The summed E-state index contributed by atoms with van der Waals surface area (Å²) in [4.78, 5) is 22.4. The van der Waals surface area contributed by atoms with Gasteiger partial charge in [-0.25, -0.2) is 9.59 Å². The zero-order valence-electron chi connectivity index (χ0n) is 7.24. The molecule has 1 amide bonds. The van der Waals surface area contributed by atoms with Crippen LogP contribution < -0.4 is 11.0 Å². The van der Waals surface area contributed by atoms with E-state index in [9.17, 15) is 9.59 Å². The van der Waals surface area contributed by atoms with Gasteiger partial charge in [-0.3, -0.25) is 4.57 Å². The van der Waals surface area contributed by atoms with E-state index in [4.69, 9.17) is 11.6 Å². The van der Waals surface area contributed by atoms with Gasteiger partial charge in [-0.2, -0.15) is 0 Å². The van der Waals surface area contributed by atoms with Gasteiger partial charge in [0.25, 0.3) is 0 Å². The third-order valence-electron chi connectivity index (χ3n) is 1.54. The predicted molar refractivity (Wildman–Crippen MR) is 47.0 cm³/mol. The maximum atomic E-state index is 11.3. The van der Waals surface area contributed by atoms with Crippen LogP contribution in [-0.2, 0) is 6.54 Å². The molecule has 0 radical (unpaired) electrons. The van der Waals surface area contributed by atoms with Crippen LogP contribution in [0.1, 0.15) is 6.92 Å². The number of carbonyl (C=O) groups is 1. The summed E-state index contributed by atoms with van der Waals surface area (Å²) in [5, 5.41) is 5.86. The van der Waals surface area contributed by atoms with E-state index in [-0.39, 0.29) is 5.28 Å². The Morgan fingerprint density at radius 2 is 2.31 bits per heavy atom. The van der Waals surface area contributed by atoms with E-state index < -0.39 is 11.7 Å². The van der Waals surface area contributed by atoms with Crippen molar-refractivity contribution in [2.45, 2.75) is 13.5 Å². The minimum Gasteiger partial charge on any atom is -0.339 e. The molecule has 0 saturated carbocycles. The van der Waals surface area contributed by atoms with E-state index in [0.717, 1.165) is 0 Å². The third kappa shape index (κ3) is 1.57. The molecule has 1 heterocycles. The number of hydrogen-bond donors (Lipinski definition) is 1. The lowest BCUT2D eigenvalue weighted by molar-refractivity contribution is 0.240. The predicted octanol–water partition coefficient (Wildman–Crippen LogP) is -0.0944. The molecule has 7 heteroatoms. The van der Waals surface area contributed by atoms with Crippen LogP contribution in [0.3, 0.4) is 0 Å². The van der Waals surface area contributed by atoms with E-state index in [0.29, 0.717) is 11.2 Å². The Morgan fingerprint density at radius 3 is 2.69 bits per heavy atom. The summed E-state index contributed by atoms with van der Waals surface area (Å²) in [6.45, 7) is 2.12. The van der Waals surface area contributed by atoms with Crippen LogP contribution in [-0.4, -0.2) is 27.4 Å². The minimum atomic E-state index is -0.598. The first kappa shape index (κ1) is 9.79. The molecule has 72 valence electrons. The first-order chi connectivity index (χ1) is 6.11. The number of amides is 1. The molecule has 0 atom stereocenters. The average Bonchev–Trinajstić information content (AvgIpc) is 2.40. The molecule has 1 aromatic rings. The van der Waals surface area contributed by atoms with Crippen molar-refractivity contribution in [1.82, 2.24) is 19.7 Å². The van der Waals surface area contributed by atoms with Crippen LogP contribution in [0, 0.1) is 0 Å². The summed E-state index contributed by atoms with van der Waals surface area (Å²) in [6.07, 6.45) is 0. The lowest BCUT2D eigenvalue weighted by Crippen LogP contribution is -2.35. The van der Waals surface area contributed by atoms with Crippen molar-refractivity contribution >= 4 is 17.6 Å². The second kappa shape index (κ2) is 3.61. The quantitative estimate of drug-likeness (QED) is 0.695. The van der Waals surface area contributed by atoms with Crippen LogP contribution in [0.5, 0.6) is 0 Å². The molecule has 1 N–H and O–H groups in total. The van der Waals surface area contributed by atoms with E-state index in [1.807, 2.05) is 0 Å². The number of hydrogen-bond acceptors (Lipinski definition) is 3. The van der Waals surface area contributed by atoms with Gasteiger partial charge in [0, 0.05) is 13.6 Å². The molecule has 0 aromatic carbocycles. The lowest BCUT2D eigenvalue weighted by Gasteiger charge is -1.94. The zero-order valence-corrected chi connectivity index (χ0v) is 8.00. The molecule has 0 spiro atoms. The normalized spacial score (nSPS) is 10.1. The molecule has 0 aliphatic rings. The topological polar surface area (TPSA) is 68.9 Å². The largest absolute Gasteiger partial charge is 0.355 e. The van der Waals surface area contributed by atoms with Gasteiger partial charge in [0.15, 0.2) is 0 Å². The van der Waals surface area contributed by atoms with Crippen molar-refractivity contribution in [3.8, 4) is 0 Å². The van der Waals surface area contributed by atoms with Crippen LogP contribution in [0.25, 0.3) is 0 Å². The number of rotatable bonds is 1. The van der Waals surface area contributed by atoms with Crippen molar-refractivity contribution < 1.29 is 4.79 Å². The Labute approximate surface area is 79.1 Å². The second-order valence-corrected chi connectivity index (χ2v) is 2.60. The maximum Gasteiger partial charge on any atom is 0.355 e. The summed E-state index contributed by atoms with van der Waals surface area (Å²) in [5.41, 5.74) is -0.535. The van der Waals surface area contributed by atoms with Gasteiger partial charge in [0.2, 0.25) is 5.28 Å². The molecular weight excluding hydrogens is 196 g/mol. The number of nitrogens with one attached hydrogen (secondary N) is 1. The fourth-order valence-electron chi connectivity index (χ4n) is 0.876. The minimum absolute atomic E-state index is 0.0103. The summed E-state index contributed by atoms with van der Waals surface area (Å²) < 4.78 is 1.88. The highest BCUT2D eigenvalue weighted by Gasteiger charge is 2.14. The van der Waals surface area contributed by atoms with Crippen molar-refractivity contribution in [3.63, 3.8) is 0 Å². The second-order valence-electron chi connectivity index (χ2n) is 2.26. The molecule has 6 nitrogen and oxygen atoms in total. The number of carbonyl (C=O) groups excluding carboxylic acids is 1. The van der Waals surface area contributed by atoms with Gasteiger partial charge < -0.3 is 5.32 Å². The molecule has 0 aliphatic heterocycles. The van der Waals surface area contributed by atoms with Gasteiger partial charge in [-0.1, -0.05) is 0 Å². The monoisotopic (exact) mass is 204 g/mol. The number of nitrogens with zero attached hydrogens (tertiary/aromatic N) is 3. The van der Waals surface area contributed by atoms with Gasteiger partial charge in [0.1, 0.15) is 0 Å². The molecule has 1 aromatic heterocycles. The summed E-state index contributed by atoms with van der Waals surface area (Å²) in [7, 11) is 1.41. The first-order valence-corrected chi connectivity index (χ1v) is 4.07. The van der Waals surface area contributed by atoms with Crippen molar-refractivity contribution in [1.29, 1.82) is 0 Å². The Kier molecular flexibility index (Phi) is 2.72. The van der Waals surface area contributed by atoms with Gasteiger partial charge in [-0.05, 0) is 18.5 Å². The summed E-state index contributed by atoms with van der Waals surface area (Å²) in [6, 6.07) is -0.598. The molecule has 0 bridgehead atoms. The third-order valence-corrected chi connectivity index (χ3v) is 1.82. The lowest BCUT2D eigenvalue weighted by atomic mass is 10.7. The maximum absolute atomic E-state index is 11.3. The molecular formula is C6H9ClN4O2. The van der Waals surface area contributed by atoms with Crippen molar-refractivity contribution in [3.05, 3.63) is 15.8 Å².